The number of ether oxygens (including phenoxy) is 1. The fourth-order valence-corrected chi connectivity index (χ4v) is 2.64. The number of aromatic nitrogens is 2. The standard InChI is InChI=1S/C14H23N3OS/c1-17(7-6-13-5-3-4-8-18-13)11-12-9-15-14(19-2)16-10-12/h9-10,13H,3-8,11H2,1-2H3/t13-/m1/s1. The van der Waals surface area contributed by atoms with Crippen LogP contribution in [0.3, 0.4) is 0 Å². The van der Waals surface area contributed by atoms with E-state index in [1.165, 1.54) is 24.8 Å². The van der Waals surface area contributed by atoms with E-state index in [2.05, 4.69) is 21.9 Å². The molecule has 0 radical (unpaired) electrons. The van der Waals surface area contributed by atoms with E-state index in [0.29, 0.717) is 6.10 Å². The molecule has 0 N–H and O–H groups in total. The van der Waals surface area contributed by atoms with E-state index in [-0.39, 0.29) is 0 Å². The van der Waals surface area contributed by atoms with Gasteiger partial charge in [0.05, 0.1) is 6.10 Å². The van der Waals surface area contributed by atoms with Crippen molar-refractivity contribution in [1.82, 2.24) is 14.9 Å². The number of nitrogens with zero attached hydrogens (tertiary/aromatic N) is 3. The molecule has 0 saturated carbocycles. The second kappa shape index (κ2) is 7.82. The molecule has 0 amide bonds. The van der Waals surface area contributed by atoms with E-state index in [1.54, 1.807) is 11.8 Å². The molecule has 19 heavy (non-hydrogen) atoms. The molecule has 1 saturated heterocycles. The molecule has 0 unspecified atom stereocenters. The fraction of sp³-hybridized carbons (Fsp3) is 0.714. The van der Waals surface area contributed by atoms with Crippen LogP contribution in [0.5, 0.6) is 0 Å². The Bertz CT molecular complexity index is 365. The van der Waals surface area contributed by atoms with Crippen LogP contribution in [0, 0.1) is 0 Å². The van der Waals surface area contributed by atoms with Gasteiger partial charge >= 0.3 is 0 Å². The van der Waals surface area contributed by atoms with Crippen LogP contribution in [0.4, 0.5) is 0 Å². The lowest BCUT2D eigenvalue weighted by Crippen LogP contribution is -2.26. The maximum absolute atomic E-state index is 5.75. The van der Waals surface area contributed by atoms with Gasteiger partial charge in [-0.1, -0.05) is 11.8 Å². The van der Waals surface area contributed by atoms with Gasteiger partial charge in [0, 0.05) is 37.7 Å². The molecule has 4 nitrogen and oxygen atoms in total. The van der Waals surface area contributed by atoms with Crippen molar-refractivity contribution in [2.24, 2.45) is 0 Å². The van der Waals surface area contributed by atoms with Crippen molar-refractivity contribution in [3.63, 3.8) is 0 Å². The van der Waals surface area contributed by atoms with Crippen molar-refractivity contribution in [3.05, 3.63) is 18.0 Å². The third kappa shape index (κ3) is 5.09. The zero-order valence-corrected chi connectivity index (χ0v) is 12.7. The second-order valence-electron chi connectivity index (χ2n) is 5.09. The Hall–Kier alpha value is -0.650. The van der Waals surface area contributed by atoms with Crippen molar-refractivity contribution >= 4 is 11.8 Å². The lowest BCUT2D eigenvalue weighted by Gasteiger charge is -2.25. The second-order valence-corrected chi connectivity index (χ2v) is 5.87. The Labute approximate surface area is 120 Å². The van der Waals surface area contributed by atoms with Gasteiger partial charge in [-0.15, -0.1) is 0 Å². The first-order valence-electron chi connectivity index (χ1n) is 6.93. The van der Waals surface area contributed by atoms with Crippen LogP contribution < -0.4 is 0 Å². The Balaban J connectivity index is 1.71. The SMILES string of the molecule is CSc1ncc(CN(C)CC[C@H]2CCCCO2)cn1. The number of rotatable bonds is 6. The highest BCUT2D eigenvalue weighted by molar-refractivity contribution is 7.98. The van der Waals surface area contributed by atoms with Gasteiger partial charge in [0.15, 0.2) is 5.16 Å². The molecule has 0 aliphatic carbocycles. The summed E-state index contributed by atoms with van der Waals surface area (Å²) in [6, 6.07) is 0. The van der Waals surface area contributed by atoms with Gasteiger partial charge < -0.3 is 9.64 Å². The van der Waals surface area contributed by atoms with Gasteiger partial charge in [0.25, 0.3) is 0 Å². The average molecular weight is 281 g/mol. The summed E-state index contributed by atoms with van der Waals surface area (Å²) in [6.07, 6.45) is 11.2. The Kier molecular flexibility index (Phi) is 6.07. The predicted octanol–water partition coefficient (Wildman–Crippen LogP) is 2.59. The Morgan fingerprint density at radius 2 is 2.16 bits per heavy atom. The zero-order valence-electron chi connectivity index (χ0n) is 11.8. The van der Waals surface area contributed by atoms with Crippen LogP contribution in [0.2, 0.25) is 0 Å². The summed E-state index contributed by atoms with van der Waals surface area (Å²) in [5, 5.41) is 0.835. The summed E-state index contributed by atoms with van der Waals surface area (Å²) < 4.78 is 5.75. The van der Waals surface area contributed by atoms with Gasteiger partial charge in [-0.3, -0.25) is 0 Å². The maximum Gasteiger partial charge on any atom is 0.187 e. The maximum atomic E-state index is 5.75. The predicted molar refractivity (Wildman–Crippen MR) is 78.4 cm³/mol. The quantitative estimate of drug-likeness (QED) is 0.592. The molecule has 2 heterocycles. The highest BCUT2D eigenvalue weighted by Gasteiger charge is 2.14. The summed E-state index contributed by atoms with van der Waals surface area (Å²) in [4.78, 5) is 10.9. The van der Waals surface area contributed by atoms with Crippen LogP contribution >= 0.6 is 11.8 Å². The number of thioether (sulfide) groups is 1. The molecule has 0 spiro atoms. The Morgan fingerprint density at radius 1 is 1.37 bits per heavy atom. The van der Waals surface area contributed by atoms with Crippen molar-refractivity contribution in [2.45, 2.75) is 43.5 Å². The molecule has 2 rings (SSSR count). The van der Waals surface area contributed by atoms with Crippen LogP contribution in [0.25, 0.3) is 0 Å². The topological polar surface area (TPSA) is 38.2 Å². The monoisotopic (exact) mass is 281 g/mol. The van der Waals surface area contributed by atoms with E-state index in [9.17, 15) is 0 Å². The van der Waals surface area contributed by atoms with Crippen molar-refractivity contribution < 1.29 is 4.74 Å². The summed E-state index contributed by atoms with van der Waals surface area (Å²) >= 11 is 1.57. The average Bonchev–Trinajstić information content (AvgIpc) is 2.47. The van der Waals surface area contributed by atoms with Crippen LogP contribution in [-0.4, -0.2) is 47.4 Å². The summed E-state index contributed by atoms with van der Waals surface area (Å²) in [7, 11) is 2.14. The lowest BCUT2D eigenvalue weighted by molar-refractivity contribution is 0.00640. The molecular formula is C14H23N3OS. The first kappa shape index (κ1) is 14.8. The van der Waals surface area contributed by atoms with E-state index in [4.69, 9.17) is 4.74 Å². The van der Waals surface area contributed by atoms with Gasteiger partial charge in [-0.2, -0.15) is 0 Å². The minimum Gasteiger partial charge on any atom is -0.378 e. The van der Waals surface area contributed by atoms with E-state index < -0.39 is 0 Å². The first-order valence-corrected chi connectivity index (χ1v) is 8.15. The largest absolute Gasteiger partial charge is 0.378 e. The van der Waals surface area contributed by atoms with Crippen molar-refractivity contribution in [2.75, 3.05) is 26.5 Å². The summed E-state index contributed by atoms with van der Waals surface area (Å²) in [6.45, 7) is 2.91. The first-order chi connectivity index (χ1) is 9.28. The third-order valence-electron chi connectivity index (χ3n) is 3.42. The molecule has 1 aromatic rings. The molecule has 5 heteroatoms. The molecule has 0 bridgehead atoms. The fourth-order valence-electron chi connectivity index (χ4n) is 2.32. The van der Waals surface area contributed by atoms with E-state index in [1.807, 2.05) is 18.6 Å². The molecule has 0 aromatic carbocycles. The zero-order chi connectivity index (χ0) is 13.5. The summed E-state index contributed by atoms with van der Waals surface area (Å²) in [5.41, 5.74) is 1.17. The number of hydrogen-bond donors (Lipinski definition) is 0. The van der Waals surface area contributed by atoms with E-state index >= 15 is 0 Å². The molecule has 1 aromatic heterocycles. The highest BCUT2D eigenvalue weighted by atomic mass is 32.2. The molecular weight excluding hydrogens is 258 g/mol. The van der Waals surface area contributed by atoms with Crippen LogP contribution in [0.1, 0.15) is 31.2 Å². The lowest BCUT2D eigenvalue weighted by atomic mass is 10.1. The molecule has 1 fully saturated rings. The van der Waals surface area contributed by atoms with Gasteiger partial charge in [0.1, 0.15) is 0 Å². The van der Waals surface area contributed by atoms with Crippen molar-refractivity contribution in [1.29, 1.82) is 0 Å². The summed E-state index contributed by atoms with van der Waals surface area (Å²) in [5.74, 6) is 0. The normalized spacial score (nSPS) is 19.8. The minimum absolute atomic E-state index is 0.464. The Morgan fingerprint density at radius 3 is 2.79 bits per heavy atom. The van der Waals surface area contributed by atoms with Crippen LogP contribution in [0.15, 0.2) is 17.6 Å². The van der Waals surface area contributed by atoms with Gasteiger partial charge in [-0.05, 0) is 39.0 Å². The van der Waals surface area contributed by atoms with Gasteiger partial charge in [-0.25, -0.2) is 9.97 Å². The molecule has 1 aliphatic heterocycles. The van der Waals surface area contributed by atoms with Crippen LogP contribution in [-0.2, 0) is 11.3 Å². The highest BCUT2D eigenvalue weighted by Crippen LogP contribution is 2.16. The molecule has 1 atom stereocenters. The number of hydrogen-bond acceptors (Lipinski definition) is 5. The molecule has 1 aliphatic rings. The molecule has 106 valence electrons. The van der Waals surface area contributed by atoms with Crippen molar-refractivity contribution in [3.8, 4) is 0 Å². The third-order valence-corrected chi connectivity index (χ3v) is 4.00. The minimum atomic E-state index is 0.464. The smallest absolute Gasteiger partial charge is 0.187 e. The van der Waals surface area contributed by atoms with Gasteiger partial charge in [0.2, 0.25) is 0 Å². The van der Waals surface area contributed by atoms with E-state index in [0.717, 1.165) is 31.3 Å².